The van der Waals surface area contributed by atoms with E-state index in [9.17, 15) is 4.79 Å². The van der Waals surface area contributed by atoms with Gasteiger partial charge in [0.1, 0.15) is 24.6 Å². The van der Waals surface area contributed by atoms with Crippen molar-refractivity contribution >= 4 is 23.5 Å². The van der Waals surface area contributed by atoms with Gasteiger partial charge in [-0.1, -0.05) is 12.2 Å². The van der Waals surface area contributed by atoms with Crippen molar-refractivity contribution in [1.29, 1.82) is 0 Å². The molecule has 0 aliphatic carbocycles. The van der Waals surface area contributed by atoms with Crippen LogP contribution < -0.4 is 20.1 Å². The maximum Gasteiger partial charge on any atom is 0.411 e. The van der Waals surface area contributed by atoms with E-state index in [1.54, 1.807) is 4.90 Å². The van der Waals surface area contributed by atoms with Gasteiger partial charge in [0.2, 0.25) is 5.95 Å². The van der Waals surface area contributed by atoms with E-state index in [1.165, 1.54) is 0 Å². The van der Waals surface area contributed by atoms with Crippen molar-refractivity contribution in [1.82, 2.24) is 14.9 Å². The van der Waals surface area contributed by atoms with Crippen molar-refractivity contribution < 1.29 is 19.0 Å². The highest BCUT2D eigenvalue weighted by molar-refractivity contribution is 5.71. The fourth-order valence-corrected chi connectivity index (χ4v) is 4.07. The molecule has 1 atom stereocenters. The maximum atomic E-state index is 13.2. The van der Waals surface area contributed by atoms with Gasteiger partial charge in [-0.3, -0.25) is 4.90 Å². The van der Waals surface area contributed by atoms with Crippen LogP contribution in [-0.2, 0) is 4.74 Å². The number of benzene rings is 1. The molecule has 34 heavy (non-hydrogen) atoms. The first-order chi connectivity index (χ1) is 16.2. The van der Waals surface area contributed by atoms with Crippen molar-refractivity contribution in [2.24, 2.45) is 0 Å². The molecule has 0 saturated heterocycles. The molecule has 1 amide bonds. The molecule has 1 unspecified atom stereocenters. The van der Waals surface area contributed by atoms with Crippen LogP contribution >= 0.6 is 0 Å². The molecule has 9 heteroatoms. The molecule has 3 heterocycles. The van der Waals surface area contributed by atoms with Gasteiger partial charge in [0, 0.05) is 42.7 Å². The van der Waals surface area contributed by atoms with Crippen LogP contribution in [0.2, 0.25) is 0 Å². The number of nitrogens with one attached hydrogen (secondary N) is 2. The highest BCUT2D eigenvalue weighted by Gasteiger charge is 2.33. The van der Waals surface area contributed by atoms with Gasteiger partial charge < -0.3 is 24.8 Å². The summed E-state index contributed by atoms with van der Waals surface area (Å²) in [5.74, 6) is 2.49. The molecule has 0 fully saturated rings. The number of hydrogen-bond donors (Lipinski definition) is 2. The third-order valence-corrected chi connectivity index (χ3v) is 5.48. The first-order valence-electron chi connectivity index (χ1n) is 11.6. The number of aryl methyl sites for hydroxylation is 1. The summed E-state index contributed by atoms with van der Waals surface area (Å²) >= 11 is 0. The summed E-state index contributed by atoms with van der Waals surface area (Å²) in [4.78, 5) is 23.9. The third kappa shape index (κ3) is 5.52. The van der Waals surface area contributed by atoms with E-state index in [0.29, 0.717) is 37.2 Å². The van der Waals surface area contributed by atoms with Gasteiger partial charge >= 0.3 is 6.09 Å². The Kier molecular flexibility index (Phi) is 6.81. The molecular formula is C25H33N5O4. The van der Waals surface area contributed by atoms with E-state index >= 15 is 0 Å². The molecule has 0 bridgehead atoms. The Morgan fingerprint density at radius 1 is 1.15 bits per heavy atom. The van der Waals surface area contributed by atoms with E-state index < -0.39 is 5.60 Å². The number of ether oxygens (including phenoxy) is 3. The smallest absolute Gasteiger partial charge is 0.411 e. The van der Waals surface area contributed by atoms with Crippen LogP contribution in [0.15, 0.2) is 30.4 Å². The molecule has 1 aromatic carbocycles. The second-order valence-corrected chi connectivity index (χ2v) is 9.38. The summed E-state index contributed by atoms with van der Waals surface area (Å²) in [7, 11) is 1.82. The maximum absolute atomic E-state index is 13.2. The van der Waals surface area contributed by atoms with E-state index in [-0.39, 0.29) is 12.1 Å². The molecular weight excluding hydrogens is 434 g/mol. The Morgan fingerprint density at radius 3 is 2.71 bits per heavy atom. The van der Waals surface area contributed by atoms with Crippen LogP contribution in [0.4, 0.5) is 22.2 Å². The zero-order chi connectivity index (χ0) is 24.3. The van der Waals surface area contributed by atoms with E-state index in [0.717, 1.165) is 35.6 Å². The highest BCUT2D eigenvalue weighted by atomic mass is 16.6. The molecule has 2 aromatic rings. The van der Waals surface area contributed by atoms with Crippen LogP contribution in [0, 0.1) is 6.92 Å². The molecule has 182 valence electrons. The van der Waals surface area contributed by atoms with E-state index in [4.69, 9.17) is 14.2 Å². The first kappa shape index (κ1) is 23.7. The number of carbonyl (C=O) groups is 1. The van der Waals surface area contributed by atoms with E-state index in [1.807, 2.05) is 59.0 Å². The number of fused-ring (bicyclic) bond motifs is 1. The average molecular weight is 468 g/mol. The van der Waals surface area contributed by atoms with Gasteiger partial charge in [-0.25, -0.2) is 9.78 Å². The summed E-state index contributed by atoms with van der Waals surface area (Å²) in [6, 6.07) is 5.51. The molecule has 2 aliphatic heterocycles. The van der Waals surface area contributed by atoms with Crippen molar-refractivity contribution in [2.45, 2.75) is 52.2 Å². The molecule has 2 N–H and O–H groups in total. The Labute approximate surface area is 200 Å². The van der Waals surface area contributed by atoms with Gasteiger partial charge in [0.15, 0.2) is 11.5 Å². The van der Waals surface area contributed by atoms with Gasteiger partial charge in [-0.15, -0.1) is 0 Å². The molecule has 1 aromatic heterocycles. The lowest BCUT2D eigenvalue weighted by atomic mass is 9.98. The van der Waals surface area contributed by atoms with Crippen LogP contribution in [-0.4, -0.2) is 53.4 Å². The number of amides is 1. The summed E-state index contributed by atoms with van der Waals surface area (Å²) < 4.78 is 17.7. The number of carbonyl (C=O) groups excluding carboxylic acids is 1. The average Bonchev–Trinajstić information content (AvgIpc) is 3.03. The minimum Gasteiger partial charge on any atom is -0.486 e. The van der Waals surface area contributed by atoms with Crippen LogP contribution in [0.3, 0.4) is 0 Å². The van der Waals surface area contributed by atoms with Gasteiger partial charge in [-0.2, -0.15) is 4.98 Å². The third-order valence-electron chi connectivity index (χ3n) is 5.48. The predicted molar refractivity (Wildman–Crippen MR) is 131 cm³/mol. The van der Waals surface area contributed by atoms with Crippen LogP contribution in [0.5, 0.6) is 11.5 Å². The number of anilines is 3. The zero-order valence-corrected chi connectivity index (χ0v) is 20.5. The molecule has 2 aliphatic rings. The zero-order valence-electron chi connectivity index (χ0n) is 20.5. The van der Waals surface area contributed by atoms with Gasteiger partial charge in [-0.05, 0) is 46.6 Å². The normalized spacial score (nSPS) is 17.7. The number of allylic oxidation sites excluding steroid dienone is 1. The first-order valence-corrected chi connectivity index (χ1v) is 11.6. The lowest BCUT2D eigenvalue weighted by molar-refractivity contribution is 0.0178. The minimum absolute atomic E-state index is 0.242. The number of rotatable bonds is 4. The fraction of sp³-hybridized carbons (Fsp3) is 0.480. The van der Waals surface area contributed by atoms with Crippen molar-refractivity contribution in [3.05, 3.63) is 41.6 Å². The summed E-state index contributed by atoms with van der Waals surface area (Å²) in [6.45, 7) is 8.91. The largest absolute Gasteiger partial charge is 0.486 e. The molecule has 0 radical (unpaired) electrons. The quantitative estimate of drug-likeness (QED) is 0.608. The molecule has 0 spiro atoms. The van der Waals surface area contributed by atoms with Crippen molar-refractivity contribution in [3.63, 3.8) is 0 Å². The molecule has 0 saturated carbocycles. The number of aromatic nitrogens is 2. The summed E-state index contributed by atoms with van der Waals surface area (Å²) in [5, 5.41) is 6.35. The summed E-state index contributed by atoms with van der Waals surface area (Å²) in [5.41, 5.74) is 1.88. The van der Waals surface area contributed by atoms with E-state index in [2.05, 4.69) is 26.7 Å². The Hall–Kier alpha value is -3.49. The minimum atomic E-state index is -0.590. The van der Waals surface area contributed by atoms with Gasteiger partial charge in [0.25, 0.3) is 0 Å². The van der Waals surface area contributed by atoms with Crippen LogP contribution in [0.1, 0.15) is 50.9 Å². The van der Waals surface area contributed by atoms with Crippen molar-refractivity contribution in [3.8, 4) is 11.5 Å². The summed E-state index contributed by atoms with van der Waals surface area (Å²) in [6.07, 6.45) is 5.33. The predicted octanol–water partition coefficient (Wildman–Crippen LogP) is 4.97. The SMILES string of the molecule is CNc1cc(C)nc(Nc2cc3c(c(C4CCC=CCN4C(=O)OC(C)(C)C)c2)OCCO3)n1. The highest BCUT2D eigenvalue weighted by Crippen LogP contribution is 2.44. The topological polar surface area (TPSA) is 97.8 Å². The fourth-order valence-electron chi connectivity index (χ4n) is 4.07. The Bertz CT molecular complexity index is 1080. The number of nitrogens with zero attached hydrogens (tertiary/aromatic N) is 3. The molecule has 4 rings (SSSR count). The molecule has 9 nitrogen and oxygen atoms in total. The lowest BCUT2D eigenvalue weighted by Gasteiger charge is -2.34. The van der Waals surface area contributed by atoms with Crippen LogP contribution in [0.25, 0.3) is 0 Å². The monoisotopic (exact) mass is 467 g/mol. The second-order valence-electron chi connectivity index (χ2n) is 9.38. The Morgan fingerprint density at radius 2 is 1.94 bits per heavy atom. The standard InChI is InChI=1S/C25H33N5O4/c1-16-13-21(26-5)29-23(27-16)28-17-14-18(22-20(15-17)32-11-12-33-22)19-9-7-6-8-10-30(19)24(31)34-25(2,3)4/h6,8,13-15,19H,7,9-12H2,1-5H3,(H2,26,27,28,29). The lowest BCUT2D eigenvalue weighted by Crippen LogP contribution is -2.39. The Balaban J connectivity index is 1.73. The van der Waals surface area contributed by atoms with Crippen molar-refractivity contribution in [2.75, 3.05) is 37.4 Å². The van der Waals surface area contributed by atoms with Gasteiger partial charge in [0.05, 0.1) is 6.04 Å². The second kappa shape index (κ2) is 9.79. The number of hydrogen-bond acceptors (Lipinski definition) is 8.